The fourth-order valence-corrected chi connectivity index (χ4v) is 2.65. The van der Waals surface area contributed by atoms with Gasteiger partial charge in [0.25, 0.3) is 5.91 Å². The summed E-state index contributed by atoms with van der Waals surface area (Å²) in [5.74, 6) is -0.413. The molecule has 0 atom stereocenters. The van der Waals surface area contributed by atoms with E-state index in [4.69, 9.17) is 4.42 Å². The first-order valence-corrected chi connectivity index (χ1v) is 7.79. The van der Waals surface area contributed by atoms with Gasteiger partial charge in [0.2, 0.25) is 0 Å². The molecular weight excluding hydrogens is 318 g/mol. The summed E-state index contributed by atoms with van der Waals surface area (Å²) in [4.78, 5) is 16.7. The standard InChI is InChI=1S/C18H15N5O2/c1-11-7-3-5-9-14(11)23-12(2)16(21-22-23)17(24)20-18-19-13-8-4-6-10-15(13)25-18/h3-10H,1-2H3,(H,19,20,24). The molecule has 1 N–H and O–H groups in total. The lowest BCUT2D eigenvalue weighted by molar-refractivity contribution is 0.101. The Kier molecular flexibility index (Phi) is 3.53. The smallest absolute Gasteiger partial charge is 0.302 e. The molecule has 4 rings (SSSR count). The highest BCUT2D eigenvalue weighted by molar-refractivity contribution is 6.02. The van der Waals surface area contributed by atoms with Crippen molar-refractivity contribution in [2.45, 2.75) is 13.8 Å². The second-order valence-corrected chi connectivity index (χ2v) is 5.66. The van der Waals surface area contributed by atoms with Gasteiger partial charge < -0.3 is 4.42 Å². The van der Waals surface area contributed by atoms with Gasteiger partial charge in [0.05, 0.1) is 11.4 Å². The third kappa shape index (κ3) is 2.65. The van der Waals surface area contributed by atoms with Crippen molar-refractivity contribution in [3.8, 4) is 5.69 Å². The van der Waals surface area contributed by atoms with Crippen molar-refractivity contribution in [2.75, 3.05) is 5.32 Å². The first-order chi connectivity index (χ1) is 12.1. The van der Waals surface area contributed by atoms with E-state index < -0.39 is 5.91 Å². The number of amides is 1. The molecular formula is C18H15N5O2. The average Bonchev–Trinajstić information content (AvgIpc) is 3.18. The predicted molar refractivity (Wildman–Crippen MR) is 92.8 cm³/mol. The van der Waals surface area contributed by atoms with Crippen LogP contribution in [0.2, 0.25) is 0 Å². The lowest BCUT2D eigenvalue weighted by Crippen LogP contribution is -2.14. The molecule has 7 heteroatoms. The van der Waals surface area contributed by atoms with E-state index in [-0.39, 0.29) is 11.7 Å². The summed E-state index contributed by atoms with van der Waals surface area (Å²) >= 11 is 0. The minimum Gasteiger partial charge on any atom is -0.423 e. The van der Waals surface area contributed by atoms with Gasteiger partial charge in [-0.3, -0.25) is 10.1 Å². The number of hydrogen-bond acceptors (Lipinski definition) is 5. The zero-order chi connectivity index (χ0) is 17.4. The highest BCUT2D eigenvalue weighted by Crippen LogP contribution is 2.20. The van der Waals surface area contributed by atoms with Gasteiger partial charge in [-0.25, -0.2) is 4.68 Å². The summed E-state index contributed by atoms with van der Waals surface area (Å²) in [6, 6.07) is 15.2. The molecule has 4 aromatic rings. The molecule has 2 aromatic heterocycles. The maximum absolute atomic E-state index is 12.5. The first-order valence-electron chi connectivity index (χ1n) is 7.79. The molecule has 25 heavy (non-hydrogen) atoms. The Morgan fingerprint density at radius 3 is 2.64 bits per heavy atom. The van der Waals surface area contributed by atoms with Crippen LogP contribution in [0.15, 0.2) is 52.9 Å². The summed E-state index contributed by atoms with van der Waals surface area (Å²) in [5, 5.41) is 10.8. The molecule has 0 saturated heterocycles. The van der Waals surface area contributed by atoms with E-state index in [0.29, 0.717) is 16.8 Å². The van der Waals surface area contributed by atoms with Gasteiger partial charge >= 0.3 is 6.01 Å². The average molecular weight is 333 g/mol. The van der Waals surface area contributed by atoms with Crippen LogP contribution in [-0.2, 0) is 0 Å². The van der Waals surface area contributed by atoms with Crippen molar-refractivity contribution in [2.24, 2.45) is 0 Å². The molecule has 0 unspecified atom stereocenters. The number of hydrogen-bond donors (Lipinski definition) is 1. The van der Waals surface area contributed by atoms with Crippen LogP contribution in [0.1, 0.15) is 21.7 Å². The monoisotopic (exact) mass is 333 g/mol. The van der Waals surface area contributed by atoms with E-state index in [9.17, 15) is 4.79 Å². The fraction of sp³-hybridized carbons (Fsp3) is 0.111. The van der Waals surface area contributed by atoms with Crippen LogP contribution >= 0.6 is 0 Å². The van der Waals surface area contributed by atoms with Gasteiger partial charge in [-0.1, -0.05) is 35.5 Å². The number of fused-ring (bicyclic) bond motifs is 1. The molecule has 0 aliphatic heterocycles. The molecule has 0 aliphatic carbocycles. The summed E-state index contributed by atoms with van der Waals surface area (Å²) < 4.78 is 7.16. The molecule has 1 amide bonds. The van der Waals surface area contributed by atoms with Crippen LogP contribution in [0.3, 0.4) is 0 Å². The minimum absolute atomic E-state index is 0.135. The summed E-state index contributed by atoms with van der Waals surface area (Å²) in [6.07, 6.45) is 0. The number of rotatable bonds is 3. The van der Waals surface area contributed by atoms with E-state index >= 15 is 0 Å². The van der Waals surface area contributed by atoms with Gasteiger partial charge in [0.15, 0.2) is 11.3 Å². The van der Waals surface area contributed by atoms with Crippen LogP contribution < -0.4 is 5.32 Å². The third-order valence-corrected chi connectivity index (χ3v) is 3.97. The molecule has 0 bridgehead atoms. The highest BCUT2D eigenvalue weighted by atomic mass is 16.4. The quantitative estimate of drug-likeness (QED) is 0.622. The molecule has 0 saturated carbocycles. The minimum atomic E-state index is -0.413. The lowest BCUT2D eigenvalue weighted by Gasteiger charge is -2.06. The number of para-hydroxylation sites is 3. The number of aryl methyl sites for hydroxylation is 1. The lowest BCUT2D eigenvalue weighted by atomic mass is 10.2. The second kappa shape index (κ2) is 5.86. The Balaban J connectivity index is 1.64. The summed E-state index contributed by atoms with van der Waals surface area (Å²) in [5.41, 5.74) is 4.08. The number of oxazole rings is 1. The van der Waals surface area contributed by atoms with Crippen LogP contribution in [0.25, 0.3) is 16.8 Å². The van der Waals surface area contributed by atoms with Gasteiger partial charge in [-0.05, 0) is 37.6 Å². The Hall–Kier alpha value is -3.48. The number of nitrogens with zero attached hydrogens (tertiary/aromatic N) is 4. The molecule has 0 fully saturated rings. The summed E-state index contributed by atoms with van der Waals surface area (Å²) in [6.45, 7) is 3.78. The first kappa shape index (κ1) is 15.1. The van der Waals surface area contributed by atoms with E-state index in [0.717, 1.165) is 11.3 Å². The Labute approximate surface area is 143 Å². The van der Waals surface area contributed by atoms with Gasteiger partial charge in [-0.2, -0.15) is 4.98 Å². The zero-order valence-electron chi connectivity index (χ0n) is 13.7. The van der Waals surface area contributed by atoms with E-state index in [1.807, 2.05) is 49.4 Å². The zero-order valence-corrected chi connectivity index (χ0v) is 13.7. The topological polar surface area (TPSA) is 85.8 Å². The van der Waals surface area contributed by atoms with Crippen molar-refractivity contribution in [1.82, 2.24) is 20.0 Å². The molecule has 0 radical (unpaired) electrons. The summed E-state index contributed by atoms with van der Waals surface area (Å²) in [7, 11) is 0. The van der Waals surface area contributed by atoms with Crippen LogP contribution in [0, 0.1) is 13.8 Å². The van der Waals surface area contributed by atoms with E-state index in [1.54, 1.807) is 17.7 Å². The predicted octanol–water partition coefficient (Wildman–Crippen LogP) is 3.28. The number of carbonyl (C=O) groups excluding carboxylic acids is 1. The normalized spacial score (nSPS) is 11.0. The van der Waals surface area contributed by atoms with Crippen molar-refractivity contribution >= 4 is 23.0 Å². The second-order valence-electron chi connectivity index (χ2n) is 5.66. The molecule has 7 nitrogen and oxygen atoms in total. The van der Waals surface area contributed by atoms with Gasteiger partial charge in [-0.15, -0.1) is 5.10 Å². The molecule has 0 aliphatic rings. The van der Waals surface area contributed by atoms with Crippen LogP contribution in [0.4, 0.5) is 6.01 Å². The Morgan fingerprint density at radius 1 is 1.08 bits per heavy atom. The largest absolute Gasteiger partial charge is 0.423 e. The molecule has 0 spiro atoms. The van der Waals surface area contributed by atoms with Crippen LogP contribution in [-0.4, -0.2) is 25.9 Å². The number of nitrogens with one attached hydrogen (secondary N) is 1. The van der Waals surface area contributed by atoms with E-state index in [2.05, 4.69) is 20.6 Å². The number of benzene rings is 2. The molecule has 2 heterocycles. The fourth-order valence-electron chi connectivity index (χ4n) is 2.65. The van der Waals surface area contributed by atoms with Gasteiger partial charge in [0, 0.05) is 0 Å². The number of aromatic nitrogens is 4. The maximum atomic E-state index is 12.5. The number of carbonyl (C=O) groups is 1. The van der Waals surface area contributed by atoms with E-state index in [1.165, 1.54) is 0 Å². The third-order valence-electron chi connectivity index (χ3n) is 3.97. The van der Waals surface area contributed by atoms with Crippen molar-refractivity contribution < 1.29 is 9.21 Å². The SMILES string of the molecule is Cc1ccccc1-n1nnc(C(=O)Nc2nc3ccccc3o2)c1C. The Bertz CT molecular complexity index is 1050. The van der Waals surface area contributed by atoms with Gasteiger partial charge in [0.1, 0.15) is 5.52 Å². The maximum Gasteiger partial charge on any atom is 0.302 e. The van der Waals surface area contributed by atoms with Crippen molar-refractivity contribution in [1.29, 1.82) is 0 Å². The number of anilines is 1. The molecule has 2 aromatic carbocycles. The Morgan fingerprint density at radius 2 is 1.84 bits per heavy atom. The van der Waals surface area contributed by atoms with Crippen molar-refractivity contribution in [3.05, 3.63) is 65.5 Å². The van der Waals surface area contributed by atoms with Crippen molar-refractivity contribution in [3.63, 3.8) is 0 Å². The molecule has 124 valence electrons. The highest BCUT2D eigenvalue weighted by Gasteiger charge is 2.20. The van der Waals surface area contributed by atoms with Crippen LogP contribution in [0.5, 0.6) is 0 Å².